The number of benzene rings is 1. The van der Waals surface area contributed by atoms with Gasteiger partial charge in [0, 0.05) is 17.3 Å². The van der Waals surface area contributed by atoms with Crippen molar-refractivity contribution < 1.29 is 5.11 Å². The third-order valence-electron chi connectivity index (χ3n) is 1.94. The van der Waals surface area contributed by atoms with E-state index in [0.717, 1.165) is 19.3 Å². The van der Waals surface area contributed by atoms with Gasteiger partial charge in [0.05, 0.1) is 0 Å². The summed E-state index contributed by atoms with van der Waals surface area (Å²) in [5, 5.41) is 8.72. The second kappa shape index (κ2) is 6.85. The molecule has 4 heteroatoms. The Bertz CT molecular complexity index is 289. The Kier molecular flexibility index (Phi) is 6.57. The molecular formula is C10H11I3O. The zero-order chi connectivity index (χ0) is 10.6. The van der Waals surface area contributed by atoms with Crippen LogP contribution in [-0.2, 0) is 6.42 Å². The summed E-state index contributed by atoms with van der Waals surface area (Å²) in [4.78, 5) is 0. The van der Waals surface area contributed by atoms with Crippen LogP contribution in [0.5, 0.6) is 0 Å². The molecule has 0 aliphatic rings. The maximum absolute atomic E-state index is 8.72. The summed E-state index contributed by atoms with van der Waals surface area (Å²) in [6.07, 6.45) is 3.05. The van der Waals surface area contributed by atoms with E-state index in [4.69, 9.17) is 5.11 Å². The SMILES string of the molecule is OCCCCc1c(I)cc(I)cc1I. The van der Waals surface area contributed by atoms with E-state index in [1.54, 1.807) is 0 Å². The Morgan fingerprint density at radius 2 is 1.57 bits per heavy atom. The fourth-order valence-corrected chi connectivity index (χ4v) is 5.35. The fraction of sp³-hybridized carbons (Fsp3) is 0.400. The van der Waals surface area contributed by atoms with Gasteiger partial charge in [-0.05, 0) is 105 Å². The van der Waals surface area contributed by atoms with Crippen molar-refractivity contribution in [3.05, 3.63) is 28.4 Å². The highest BCUT2D eigenvalue weighted by Crippen LogP contribution is 2.24. The molecule has 14 heavy (non-hydrogen) atoms. The number of aliphatic hydroxyl groups excluding tert-OH is 1. The molecule has 0 aliphatic carbocycles. The van der Waals surface area contributed by atoms with E-state index < -0.39 is 0 Å². The first-order valence-electron chi connectivity index (χ1n) is 4.39. The molecule has 0 bridgehead atoms. The van der Waals surface area contributed by atoms with Gasteiger partial charge in [-0.1, -0.05) is 0 Å². The van der Waals surface area contributed by atoms with Crippen LogP contribution in [0.4, 0.5) is 0 Å². The lowest BCUT2D eigenvalue weighted by molar-refractivity contribution is 0.284. The van der Waals surface area contributed by atoms with Crippen molar-refractivity contribution in [2.24, 2.45) is 0 Å². The summed E-state index contributed by atoms with van der Waals surface area (Å²) >= 11 is 7.13. The Labute approximate surface area is 125 Å². The summed E-state index contributed by atoms with van der Waals surface area (Å²) in [5.41, 5.74) is 1.43. The topological polar surface area (TPSA) is 20.2 Å². The predicted molar refractivity (Wildman–Crippen MR) is 84.6 cm³/mol. The molecule has 0 fully saturated rings. The highest BCUT2D eigenvalue weighted by atomic mass is 127. The van der Waals surface area contributed by atoms with Gasteiger partial charge in [-0.15, -0.1) is 0 Å². The van der Waals surface area contributed by atoms with Crippen molar-refractivity contribution in [1.29, 1.82) is 0 Å². The molecule has 0 unspecified atom stereocenters. The van der Waals surface area contributed by atoms with Gasteiger partial charge in [0.15, 0.2) is 0 Å². The molecule has 0 atom stereocenters. The lowest BCUT2D eigenvalue weighted by atomic mass is 10.1. The molecule has 0 spiro atoms. The van der Waals surface area contributed by atoms with Gasteiger partial charge >= 0.3 is 0 Å². The molecule has 0 radical (unpaired) electrons. The maximum Gasteiger partial charge on any atom is 0.0431 e. The van der Waals surface area contributed by atoms with Crippen LogP contribution in [0.1, 0.15) is 18.4 Å². The second-order valence-electron chi connectivity index (χ2n) is 3.03. The molecule has 78 valence electrons. The van der Waals surface area contributed by atoms with E-state index in [1.807, 2.05) is 0 Å². The Hall–Kier alpha value is 1.37. The zero-order valence-electron chi connectivity index (χ0n) is 7.56. The molecule has 0 aliphatic heterocycles. The van der Waals surface area contributed by atoms with Crippen molar-refractivity contribution in [1.82, 2.24) is 0 Å². The van der Waals surface area contributed by atoms with E-state index in [-0.39, 0.29) is 0 Å². The summed E-state index contributed by atoms with van der Waals surface area (Å²) in [6, 6.07) is 4.41. The van der Waals surface area contributed by atoms with Crippen LogP contribution >= 0.6 is 67.8 Å². The smallest absolute Gasteiger partial charge is 0.0431 e. The quantitative estimate of drug-likeness (QED) is 0.466. The van der Waals surface area contributed by atoms with Crippen LogP contribution < -0.4 is 0 Å². The number of hydrogen-bond donors (Lipinski definition) is 1. The predicted octanol–water partition coefficient (Wildman–Crippen LogP) is 3.82. The maximum atomic E-state index is 8.72. The summed E-state index contributed by atoms with van der Waals surface area (Å²) in [6.45, 7) is 0.303. The van der Waals surface area contributed by atoms with Gasteiger partial charge in [0.1, 0.15) is 0 Å². The van der Waals surface area contributed by atoms with Crippen LogP contribution in [-0.4, -0.2) is 11.7 Å². The van der Waals surface area contributed by atoms with Crippen LogP contribution in [0.25, 0.3) is 0 Å². The van der Waals surface area contributed by atoms with Gasteiger partial charge in [-0.2, -0.15) is 0 Å². The first kappa shape index (κ1) is 13.4. The first-order valence-corrected chi connectivity index (χ1v) is 7.63. The van der Waals surface area contributed by atoms with Gasteiger partial charge in [-0.25, -0.2) is 0 Å². The lowest BCUT2D eigenvalue weighted by Crippen LogP contribution is -1.96. The van der Waals surface area contributed by atoms with Gasteiger partial charge < -0.3 is 5.11 Å². The Balaban J connectivity index is 2.75. The molecular weight excluding hydrogens is 517 g/mol. The van der Waals surface area contributed by atoms with Crippen molar-refractivity contribution in [3.8, 4) is 0 Å². The van der Waals surface area contributed by atoms with Crippen molar-refractivity contribution in [2.45, 2.75) is 19.3 Å². The van der Waals surface area contributed by atoms with Crippen LogP contribution in [0.15, 0.2) is 12.1 Å². The van der Waals surface area contributed by atoms with E-state index in [2.05, 4.69) is 79.9 Å². The number of rotatable bonds is 4. The standard InChI is InChI=1S/C10H11I3O/c11-7-5-9(12)8(10(13)6-7)3-1-2-4-14/h5-6,14H,1-4H2. The Morgan fingerprint density at radius 3 is 2.07 bits per heavy atom. The molecule has 1 aromatic rings. The highest BCUT2D eigenvalue weighted by molar-refractivity contribution is 14.1. The molecule has 1 N–H and O–H groups in total. The third-order valence-corrected chi connectivity index (χ3v) is 4.49. The summed E-state index contributed by atoms with van der Waals surface area (Å²) in [7, 11) is 0. The van der Waals surface area contributed by atoms with Gasteiger partial charge in [0.2, 0.25) is 0 Å². The van der Waals surface area contributed by atoms with Crippen LogP contribution in [0.3, 0.4) is 0 Å². The van der Waals surface area contributed by atoms with E-state index in [0.29, 0.717) is 6.61 Å². The van der Waals surface area contributed by atoms with Crippen molar-refractivity contribution >= 4 is 67.8 Å². The number of halogens is 3. The fourth-order valence-electron chi connectivity index (χ4n) is 1.22. The average Bonchev–Trinajstić information content (AvgIpc) is 2.09. The number of unbranched alkanes of at least 4 members (excludes halogenated alkanes) is 1. The minimum Gasteiger partial charge on any atom is -0.396 e. The van der Waals surface area contributed by atoms with Crippen LogP contribution in [0.2, 0.25) is 0 Å². The summed E-state index contributed by atoms with van der Waals surface area (Å²) < 4.78 is 3.98. The lowest BCUT2D eigenvalue weighted by Gasteiger charge is -2.07. The normalized spacial score (nSPS) is 10.6. The second-order valence-corrected chi connectivity index (χ2v) is 6.60. The Morgan fingerprint density at radius 1 is 1.00 bits per heavy atom. The van der Waals surface area contributed by atoms with E-state index in [1.165, 1.54) is 16.3 Å². The molecule has 0 saturated carbocycles. The minimum absolute atomic E-state index is 0.303. The first-order chi connectivity index (χ1) is 6.65. The monoisotopic (exact) mass is 528 g/mol. The highest BCUT2D eigenvalue weighted by Gasteiger charge is 2.05. The van der Waals surface area contributed by atoms with Crippen molar-refractivity contribution in [2.75, 3.05) is 6.61 Å². The number of hydrogen-bond acceptors (Lipinski definition) is 1. The molecule has 0 aromatic heterocycles. The third kappa shape index (κ3) is 4.09. The van der Waals surface area contributed by atoms with Crippen molar-refractivity contribution in [3.63, 3.8) is 0 Å². The zero-order valence-corrected chi connectivity index (χ0v) is 14.0. The minimum atomic E-state index is 0.303. The molecule has 0 saturated heterocycles. The molecule has 0 heterocycles. The number of aliphatic hydroxyl groups is 1. The molecule has 0 amide bonds. The van der Waals surface area contributed by atoms with Gasteiger partial charge in [-0.3, -0.25) is 0 Å². The molecule has 1 nitrogen and oxygen atoms in total. The molecule has 1 aromatic carbocycles. The van der Waals surface area contributed by atoms with E-state index >= 15 is 0 Å². The molecule has 1 rings (SSSR count). The van der Waals surface area contributed by atoms with Crippen LogP contribution in [0, 0.1) is 10.7 Å². The summed E-state index contributed by atoms with van der Waals surface area (Å²) in [5.74, 6) is 0. The van der Waals surface area contributed by atoms with Gasteiger partial charge in [0.25, 0.3) is 0 Å². The van der Waals surface area contributed by atoms with E-state index in [9.17, 15) is 0 Å². The average molecular weight is 528 g/mol. The largest absolute Gasteiger partial charge is 0.396 e.